The van der Waals surface area contributed by atoms with Crippen LogP contribution in [0.3, 0.4) is 0 Å². The molecule has 0 saturated heterocycles. The van der Waals surface area contributed by atoms with Gasteiger partial charge in [-0.25, -0.2) is 13.6 Å². The van der Waals surface area contributed by atoms with Crippen LogP contribution in [0.2, 0.25) is 0 Å². The summed E-state index contributed by atoms with van der Waals surface area (Å²) in [5.74, 6) is 0.649. The highest BCUT2D eigenvalue weighted by Crippen LogP contribution is 2.19. The molecule has 0 aliphatic heterocycles. The molecule has 0 heterocycles. The molecule has 0 bridgehead atoms. The van der Waals surface area contributed by atoms with Gasteiger partial charge in [0.05, 0.1) is 17.6 Å². The summed E-state index contributed by atoms with van der Waals surface area (Å²) >= 11 is 0. The summed E-state index contributed by atoms with van der Waals surface area (Å²) in [4.78, 5) is 4.28. The monoisotopic (exact) mass is 510 g/mol. The third-order valence-corrected chi connectivity index (χ3v) is 5.37. The van der Waals surface area contributed by atoms with Gasteiger partial charge < -0.3 is 15.4 Å². The average molecular weight is 510 g/mol. The molecule has 0 spiro atoms. The van der Waals surface area contributed by atoms with Crippen LogP contribution in [0.5, 0.6) is 0 Å². The fourth-order valence-electron chi connectivity index (χ4n) is 3.04. The molecule has 27 heavy (non-hydrogen) atoms. The number of rotatable bonds is 7. The van der Waals surface area contributed by atoms with Crippen molar-refractivity contribution < 1.29 is 13.2 Å². The minimum Gasteiger partial charge on any atom is -0.376 e. The van der Waals surface area contributed by atoms with Gasteiger partial charge in [0.2, 0.25) is 10.0 Å². The number of halogens is 1. The third-order valence-electron chi connectivity index (χ3n) is 4.46. The highest BCUT2D eigenvalue weighted by molar-refractivity contribution is 14.0. The van der Waals surface area contributed by atoms with Gasteiger partial charge in [0, 0.05) is 20.1 Å². The summed E-state index contributed by atoms with van der Waals surface area (Å²) in [5, 5.41) is 11.5. The second-order valence-corrected chi connectivity index (χ2v) is 8.09. The minimum absolute atomic E-state index is 0. The van der Waals surface area contributed by atoms with Crippen molar-refractivity contribution in [3.05, 3.63) is 29.8 Å². The Hall–Kier alpha value is -0.910. The summed E-state index contributed by atoms with van der Waals surface area (Å²) in [5.41, 5.74) is 0.814. The summed E-state index contributed by atoms with van der Waals surface area (Å²) < 4.78 is 28.8. The predicted molar refractivity (Wildman–Crippen MR) is 119 cm³/mol. The summed E-state index contributed by atoms with van der Waals surface area (Å²) in [6, 6.07) is 6.55. The van der Waals surface area contributed by atoms with Crippen molar-refractivity contribution >= 4 is 40.0 Å². The molecule has 2 rings (SSSR count). The van der Waals surface area contributed by atoms with Crippen LogP contribution in [0.25, 0.3) is 0 Å². The number of hydrogen-bond acceptors (Lipinski definition) is 4. The molecule has 1 aromatic carbocycles. The number of primary sulfonamides is 1. The largest absolute Gasteiger partial charge is 0.376 e. The van der Waals surface area contributed by atoms with Gasteiger partial charge >= 0.3 is 0 Å². The predicted octanol–water partition coefficient (Wildman–Crippen LogP) is 2.36. The zero-order chi connectivity index (χ0) is 18.8. The minimum atomic E-state index is -3.69. The number of nitrogens with two attached hydrogens (primary N) is 1. The van der Waals surface area contributed by atoms with E-state index in [1.54, 1.807) is 19.2 Å². The van der Waals surface area contributed by atoms with Crippen LogP contribution >= 0.6 is 24.0 Å². The number of benzene rings is 1. The van der Waals surface area contributed by atoms with Crippen molar-refractivity contribution in [2.24, 2.45) is 10.1 Å². The summed E-state index contributed by atoms with van der Waals surface area (Å²) in [7, 11) is -1.99. The van der Waals surface area contributed by atoms with E-state index in [1.165, 1.54) is 31.7 Å². The van der Waals surface area contributed by atoms with Gasteiger partial charge in [-0.2, -0.15) is 0 Å². The normalized spacial score (nSPS) is 16.3. The summed E-state index contributed by atoms with van der Waals surface area (Å²) in [6.45, 7) is 1.77. The van der Waals surface area contributed by atoms with Crippen LogP contribution in [-0.4, -0.2) is 40.7 Å². The molecule has 0 radical (unpaired) electrons. The van der Waals surface area contributed by atoms with Gasteiger partial charge in [-0.3, -0.25) is 4.99 Å². The van der Waals surface area contributed by atoms with E-state index in [9.17, 15) is 8.42 Å². The molecule has 1 saturated carbocycles. The van der Waals surface area contributed by atoms with Gasteiger partial charge in [-0.05, 0) is 30.5 Å². The SMILES string of the molecule is CN=C(NCCOC1CCCCCC1)NCc1cccc(S(N)(=O)=O)c1.I. The Kier molecular flexibility index (Phi) is 11.2. The lowest BCUT2D eigenvalue weighted by Crippen LogP contribution is -2.39. The van der Waals surface area contributed by atoms with Crippen LogP contribution < -0.4 is 15.8 Å². The van der Waals surface area contributed by atoms with Crippen molar-refractivity contribution in [1.82, 2.24) is 10.6 Å². The number of sulfonamides is 1. The van der Waals surface area contributed by atoms with Gasteiger partial charge in [-0.1, -0.05) is 37.8 Å². The lowest BCUT2D eigenvalue weighted by atomic mass is 10.1. The number of guanidine groups is 1. The maximum absolute atomic E-state index is 11.4. The molecule has 7 nitrogen and oxygen atoms in total. The second kappa shape index (κ2) is 12.5. The zero-order valence-electron chi connectivity index (χ0n) is 15.8. The third kappa shape index (κ3) is 9.22. The van der Waals surface area contributed by atoms with Crippen LogP contribution in [0.1, 0.15) is 44.1 Å². The summed E-state index contributed by atoms with van der Waals surface area (Å²) in [6.07, 6.45) is 7.87. The van der Waals surface area contributed by atoms with Gasteiger partial charge in [-0.15, -0.1) is 24.0 Å². The quantitative estimate of drug-likeness (QED) is 0.172. The first-order chi connectivity index (χ1) is 12.5. The van der Waals surface area contributed by atoms with Crippen molar-refractivity contribution in [3.63, 3.8) is 0 Å². The first-order valence-electron chi connectivity index (χ1n) is 9.17. The van der Waals surface area contributed by atoms with E-state index in [0.29, 0.717) is 31.8 Å². The molecule has 9 heteroatoms. The topological polar surface area (TPSA) is 106 Å². The van der Waals surface area contributed by atoms with E-state index < -0.39 is 10.0 Å². The van der Waals surface area contributed by atoms with Crippen molar-refractivity contribution in [2.75, 3.05) is 20.2 Å². The Morgan fingerprint density at radius 2 is 1.93 bits per heavy atom. The lowest BCUT2D eigenvalue weighted by Gasteiger charge is -2.17. The molecular formula is C18H31IN4O3S. The molecule has 1 aromatic rings. The Morgan fingerprint density at radius 3 is 2.56 bits per heavy atom. The standard InChI is InChI=1S/C18H30N4O3S.HI/c1-20-18(21-11-12-25-16-8-4-2-3-5-9-16)22-14-15-7-6-10-17(13-15)26(19,23)24;/h6-7,10,13,16H,2-5,8-9,11-12,14H2,1H3,(H2,19,23,24)(H2,20,21,22);1H. The van der Waals surface area contributed by atoms with Gasteiger partial charge in [0.1, 0.15) is 0 Å². The molecule has 1 fully saturated rings. The second-order valence-electron chi connectivity index (χ2n) is 6.53. The molecule has 1 aliphatic carbocycles. The highest BCUT2D eigenvalue weighted by atomic mass is 127. The Labute approximate surface area is 179 Å². The first kappa shape index (κ1) is 24.1. The maximum atomic E-state index is 11.4. The van der Waals surface area contributed by atoms with Crippen LogP contribution in [-0.2, 0) is 21.3 Å². The highest BCUT2D eigenvalue weighted by Gasteiger charge is 2.12. The number of nitrogens with one attached hydrogen (secondary N) is 2. The van der Waals surface area contributed by atoms with Crippen molar-refractivity contribution in [3.8, 4) is 0 Å². The molecule has 0 unspecified atom stereocenters. The fraction of sp³-hybridized carbons (Fsp3) is 0.611. The number of hydrogen-bond donors (Lipinski definition) is 3. The van der Waals surface area contributed by atoms with E-state index in [-0.39, 0.29) is 28.9 Å². The Bertz CT molecular complexity index is 690. The average Bonchev–Trinajstić information content (AvgIpc) is 2.89. The number of ether oxygens (including phenoxy) is 1. The van der Waals surface area contributed by atoms with E-state index in [0.717, 1.165) is 18.4 Å². The molecule has 4 N–H and O–H groups in total. The number of nitrogens with zero attached hydrogens (tertiary/aromatic N) is 1. The molecule has 1 aliphatic rings. The van der Waals surface area contributed by atoms with Crippen LogP contribution in [0, 0.1) is 0 Å². The van der Waals surface area contributed by atoms with E-state index in [1.807, 2.05) is 6.07 Å². The van der Waals surface area contributed by atoms with Gasteiger partial charge in [0.15, 0.2) is 5.96 Å². The Morgan fingerprint density at radius 1 is 1.22 bits per heavy atom. The smallest absolute Gasteiger partial charge is 0.238 e. The first-order valence-corrected chi connectivity index (χ1v) is 10.7. The van der Waals surface area contributed by atoms with Gasteiger partial charge in [0.25, 0.3) is 0 Å². The molecule has 0 amide bonds. The zero-order valence-corrected chi connectivity index (χ0v) is 19.0. The molecule has 154 valence electrons. The van der Waals surface area contributed by atoms with Crippen LogP contribution in [0.15, 0.2) is 34.2 Å². The molecule has 0 atom stereocenters. The van der Waals surface area contributed by atoms with E-state index in [2.05, 4.69) is 15.6 Å². The maximum Gasteiger partial charge on any atom is 0.238 e. The molecular weight excluding hydrogens is 479 g/mol. The van der Waals surface area contributed by atoms with Crippen molar-refractivity contribution in [1.29, 1.82) is 0 Å². The molecule has 0 aromatic heterocycles. The van der Waals surface area contributed by atoms with E-state index >= 15 is 0 Å². The fourth-order valence-corrected chi connectivity index (χ4v) is 3.63. The van der Waals surface area contributed by atoms with Crippen molar-refractivity contribution in [2.45, 2.75) is 56.1 Å². The van der Waals surface area contributed by atoms with Crippen LogP contribution in [0.4, 0.5) is 0 Å². The van der Waals surface area contributed by atoms with E-state index in [4.69, 9.17) is 9.88 Å². The number of aliphatic imine (C=N–C) groups is 1. The Balaban J connectivity index is 0.00000364. The lowest BCUT2D eigenvalue weighted by molar-refractivity contribution is 0.0468.